The van der Waals surface area contributed by atoms with Crippen LogP contribution in [0.2, 0.25) is 0 Å². The predicted octanol–water partition coefficient (Wildman–Crippen LogP) is 4.06. The minimum absolute atomic E-state index is 0.205. The Morgan fingerprint density at radius 2 is 1.62 bits per heavy atom. The zero-order chi connectivity index (χ0) is 17.7. The fourth-order valence-electron chi connectivity index (χ4n) is 2.59. The van der Waals surface area contributed by atoms with E-state index in [1.165, 1.54) is 18.2 Å². The van der Waals surface area contributed by atoms with Crippen LogP contribution in [0.3, 0.4) is 0 Å². The molecule has 0 aliphatic carbocycles. The highest BCUT2D eigenvalue weighted by Crippen LogP contribution is 2.25. The van der Waals surface area contributed by atoms with E-state index in [0.717, 1.165) is 24.5 Å². The van der Waals surface area contributed by atoms with Gasteiger partial charge in [0.1, 0.15) is 10.6 Å². The first-order chi connectivity index (χ1) is 11.4. The summed E-state index contributed by atoms with van der Waals surface area (Å²) >= 11 is 0. The molecular weight excluding hydrogens is 328 g/mol. The Hall–Kier alpha value is -2.18. The molecule has 2 rings (SSSR count). The molecule has 24 heavy (non-hydrogen) atoms. The summed E-state index contributed by atoms with van der Waals surface area (Å²) in [5, 5.41) is 0. The number of carbonyl (C=O) groups excluding carboxylic acids is 1. The van der Waals surface area contributed by atoms with E-state index in [4.69, 9.17) is 4.74 Å². The maximum atomic E-state index is 12.2. The summed E-state index contributed by atoms with van der Waals surface area (Å²) < 4.78 is 37.1. The number of hydrogen-bond donors (Lipinski definition) is 1. The number of carbonyl (C=O) groups is 1. The van der Waals surface area contributed by atoms with Crippen LogP contribution in [0, 0.1) is 0 Å². The molecular formula is C18H20O5S. The second kappa shape index (κ2) is 7.59. The van der Waals surface area contributed by atoms with Gasteiger partial charge >= 0.3 is 5.97 Å². The third-order valence-corrected chi connectivity index (χ3v) is 4.84. The van der Waals surface area contributed by atoms with Crippen LogP contribution in [0.5, 0.6) is 5.75 Å². The first-order valence-electron chi connectivity index (χ1n) is 7.75. The van der Waals surface area contributed by atoms with Crippen LogP contribution in [0.25, 0.3) is 0 Å². The molecule has 0 fully saturated rings. The van der Waals surface area contributed by atoms with Gasteiger partial charge < -0.3 is 4.74 Å². The van der Waals surface area contributed by atoms with Gasteiger partial charge in [-0.2, -0.15) is 8.42 Å². The average Bonchev–Trinajstić information content (AvgIpc) is 2.56. The Kier molecular flexibility index (Phi) is 5.75. The lowest BCUT2D eigenvalue weighted by Crippen LogP contribution is -2.14. The summed E-state index contributed by atoms with van der Waals surface area (Å²) in [6.45, 7) is 4.24. The Morgan fingerprint density at radius 1 is 1.04 bits per heavy atom. The molecule has 0 saturated heterocycles. The number of rotatable bonds is 6. The molecule has 5 nitrogen and oxygen atoms in total. The van der Waals surface area contributed by atoms with Crippen LogP contribution in [0.15, 0.2) is 53.4 Å². The molecule has 0 atom stereocenters. The summed E-state index contributed by atoms with van der Waals surface area (Å²) in [5.74, 6) is -0.0617. The smallest absolute Gasteiger partial charge is 0.344 e. The van der Waals surface area contributed by atoms with Crippen molar-refractivity contribution < 1.29 is 22.5 Å². The van der Waals surface area contributed by atoms with Gasteiger partial charge in [-0.1, -0.05) is 38.1 Å². The lowest BCUT2D eigenvalue weighted by molar-refractivity contribution is 0.0730. The number of hydrogen-bond acceptors (Lipinski definition) is 4. The van der Waals surface area contributed by atoms with Crippen LogP contribution in [0.4, 0.5) is 0 Å². The minimum Gasteiger partial charge on any atom is -0.423 e. The molecule has 0 aliphatic heterocycles. The van der Waals surface area contributed by atoms with E-state index in [1.54, 1.807) is 12.1 Å². The monoisotopic (exact) mass is 348 g/mol. The zero-order valence-corrected chi connectivity index (χ0v) is 14.4. The molecule has 2 aromatic carbocycles. The molecule has 0 heterocycles. The first-order valence-corrected chi connectivity index (χ1v) is 9.19. The Labute approximate surface area is 142 Å². The van der Waals surface area contributed by atoms with E-state index >= 15 is 0 Å². The normalized spacial score (nSPS) is 11.5. The van der Waals surface area contributed by atoms with E-state index in [9.17, 15) is 17.8 Å². The second-order valence-electron chi connectivity index (χ2n) is 5.44. The van der Waals surface area contributed by atoms with Gasteiger partial charge in [-0.15, -0.1) is 0 Å². The van der Waals surface area contributed by atoms with Gasteiger partial charge in [-0.3, -0.25) is 4.55 Å². The molecule has 0 unspecified atom stereocenters. The highest BCUT2D eigenvalue weighted by atomic mass is 32.2. The molecule has 0 radical (unpaired) electrons. The van der Waals surface area contributed by atoms with Crippen LogP contribution in [-0.2, 0) is 10.1 Å². The third-order valence-electron chi connectivity index (χ3n) is 3.93. The highest BCUT2D eigenvalue weighted by molar-refractivity contribution is 7.86. The van der Waals surface area contributed by atoms with Crippen molar-refractivity contribution in [2.24, 2.45) is 0 Å². The first kappa shape index (κ1) is 18.2. The summed E-state index contributed by atoms with van der Waals surface area (Å²) in [6.07, 6.45) is 2.05. The summed E-state index contributed by atoms with van der Waals surface area (Å²) in [4.78, 5) is 11.7. The van der Waals surface area contributed by atoms with Crippen LogP contribution in [-0.4, -0.2) is 18.9 Å². The SMILES string of the molecule is CCC(CC)c1ccc(OC(=O)c2ccccc2S(=O)(=O)O)cc1. The minimum atomic E-state index is -4.50. The van der Waals surface area contributed by atoms with E-state index in [0.29, 0.717) is 11.7 Å². The van der Waals surface area contributed by atoms with Crippen molar-refractivity contribution in [2.45, 2.75) is 37.5 Å². The molecule has 6 heteroatoms. The van der Waals surface area contributed by atoms with Crippen LogP contribution >= 0.6 is 0 Å². The maximum Gasteiger partial charge on any atom is 0.344 e. The third kappa shape index (κ3) is 4.21. The molecule has 128 valence electrons. The van der Waals surface area contributed by atoms with Gasteiger partial charge in [-0.05, 0) is 48.6 Å². The summed E-state index contributed by atoms with van der Waals surface area (Å²) in [6, 6.07) is 12.5. The standard InChI is InChI=1S/C18H20O5S/c1-3-13(4-2)14-9-11-15(12-10-14)23-18(19)16-7-5-6-8-17(16)24(20,21)22/h5-13H,3-4H2,1-2H3,(H,20,21,22). The Balaban J connectivity index is 2.22. The van der Waals surface area contributed by atoms with Crippen molar-refractivity contribution in [1.82, 2.24) is 0 Å². The van der Waals surface area contributed by atoms with E-state index in [-0.39, 0.29) is 5.56 Å². The molecule has 0 amide bonds. The topological polar surface area (TPSA) is 80.7 Å². The molecule has 0 bridgehead atoms. The van der Waals surface area contributed by atoms with Crippen molar-refractivity contribution in [1.29, 1.82) is 0 Å². The molecule has 0 aromatic heterocycles. The second-order valence-corrected chi connectivity index (χ2v) is 6.83. The van der Waals surface area contributed by atoms with Crippen molar-refractivity contribution in [3.63, 3.8) is 0 Å². The van der Waals surface area contributed by atoms with Gasteiger partial charge in [0.2, 0.25) is 0 Å². The fourth-order valence-corrected chi connectivity index (χ4v) is 3.27. The molecule has 0 spiro atoms. The Bertz CT molecular complexity index is 806. The number of ether oxygens (including phenoxy) is 1. The molecule has 0 saturated carbocycles. The van der Waals surface area contributed by atoms with E-state index in [2.05, 4.69) is 13.8 Å². The average molecular weight is 348 g/mol. The quantitative estimate of drug-likeness (QED) is 0.484. The highest BCUT2D eigenvalue weighted by Gasteiger charge is 2.21. The van der Waals surface area contributed by atoms with Gasteiger partial charge in [0.25, 0.3) is 10.1 Å². The van der Waals surface area contributed by atoms with Gasteiger partial charge in [0.15, 0.2) is 0 Å². The van der Waals surface area contributed by atoms with E-state index in [1.807, 2.05) is 12.1 Å². The largest absolute Gasteiger partial charge is 0.423 e. The molecule has 1 N–H and O–H groups in total. The number of esters is 1. The van der Waals surface area contributed by atoms with Gasteiger partial charge in [0.05, 0.1) is 5.56 Å². The molecule has 2 aromatic rings. The van der Waals surface area contributed by atoms with Crippen molar-refractivity contribution in [3.8, 4) is 5.75 Å². The van der Waals surface area contributed by atoms with Gasteiger partial charge in [-0.25, -0.2) is 4.79 Å². The summed E-state index contributed by atoms with van der Waals surface area (Å²) in [7, 11) is -4.50. The van der Waals surface area contributed by atoms with Crippen molar-refractivity contribution >= 4 is 16.1 Å². The maximum absolute atomic E-state index is 12.2. The lowest BCUT2D eigenvalue weighted by Gasteiger charge is -2.13. The predicted molar refractivity (Wildman–Crippen MR) is 91.0 cm³/mol. The number of benzene rings is 2. The zero-order valence-electron chi connectivity index (χ0n) is 13.6. The molecule has 0 aliphatic rings. The van der Waals surface area contributed by atoms with Crippen LogP contribution < -0.4 is 4.74 Å². The van der Waals surface area contributed by atoms with Crippen LogP contribution in [0.1, 0.15) is 48.5 Å². The fraction of sp³-hybridized carbons (Fsp3) is 0.278. The van der Waals surface area contributed by atoms with Crippen molar-refractivity contribution in [2.75, 3.05) is 0 Å². The summed E-state index contributed by atoms with van der Waals surface area (Å²) in [5.41, 5.74) is 0.960. The van der Waals surface area contributed by atoms with E-state index < -0.39 is 21.0 Å². The van der Waals surface area contributed by atoms with Crippen molar-refractivity contribution in [3.05, 3.63) is 59.7 Å². The van der Waals surface area contributed by atoms with Gasteiger partial charge in [0, 0.05) is 0 Å². The lowest BCUT2D eigenvalue weighted by atomic mass is 9.94. The Morgan fingerprint density at radius 3 is 2.17 bits per heavy atom.